The summed E-state index contributed by atoms with van der Waals surface area (Å²) < 4.78 is 0. The summed E-state index contributed by atoms with van der Waals surface area (Å²) in [4.78, 5) is 29.6. The summed E-state index contributed by atoms with van der Waals surface area (Å²) in [5, 5.41) is 8.75. The molecule has 1 aromatic rings. The lowest BCUT2D eigenvalue weighted by Gasteiger charge is -2.21. The lowest BCUT2D eigenvalue weighted by Crippen LogP contribution is -2.24. The highest BCUT2D eigenvalue weighted by Gasteiger charge is 2.41. The number of nitrogens with one attached hydrogen (secondary N) is 1. The van der Waals surface area contributed by atoms with E-state index in [2.05, 4.69) is 9.97 Å². The standard InChI is InChI=1S/C13H17N3O3/c14-11-9(5-10(17)18)13(19)16-12(15-11)8-4-6-1-2-7(8)3-6/h6-8H,1-5H2,(H,17,18)(H3,14,15,16,19). The molecule has 3 atom stereocenters. The van der Waals surface area contributed by atoms with Crippen LogP contribution in [0.4, 0.5) is 5.82 Å². The molecule has 2 fully saturated rings. The zero-order valence-electron chi connectivity index (χ0n) is 10.6. The molecule has 3 unspecified atom stereocenters. The van der Waals surface area contributed by atoms with E-state index in [0.29, 0.717) is 11.7 Å². The number of H-pyrrole nitrogens is 1. The molecule has 2 aliphatic rings. The maximum atomic E-state index is 11.9. The lowest BCUT2D eigenvalue weighted by molar-refractivity contribution is -0.136. The van der Waals surface area contributed by atoms with Crippen LogP contribution >= 0.6 is 0 Å². The van der Waals surface area contributed by atoms with Crippen LogP contribution in [0.15, 0.2) is 4.79 Å². The van der Waals surface area contributed by atoms with Gasteiger partial charge >= 0.3 is 5.97 Å². The van der Waals surface area contributed by atoms with Gasteiger partial charge in [0.05, 0.1) is 12.0 Å². The molecule has 0 aromatic carbocycles. The van der Waals surface area contributed by atoms with Crippen molar-refractivity contribution < 1.29 is 9.90 Å². The molecule has 6 nitrogen and oxygen atoms in total. The Balaban J connectivity index is 1.92. The van der Waals surface area contributed by atoms with Gasteiger partial charge in [-0.05, 0) is 31.1 Å². The van der Waals surface area contributed by atoms with Crippen molar-refractivity contribution >= 4 is 11.8 Å². The molecule has 2 saturated carbocycles. The first-order chi connectivity index (χ1) is 9.04. The van der Waals surface area contributed by atoms with Gasteiger partial charge in [-0.2, -0.15) is 0 Å². The van der Waals surface area contributed by atoms with Gasteiger partial charge in [0.25, 0.3) is 5.56 Å². The average molecular weight is 263 g/mol. The predicted molar refractivity (Wildman–Crippen MR) is 68.8 cm³/mol. The van der Waals surface area contributed by atoms with Gasteiger partial charge in [0.1, 0.15) is 11.6 Å². The second kappa shape index (κ2) is 4.36. The van der Waals surface area contributed by atoms with Crippen molar-refractivity contribution in [2.75, 3.05) is 5.73 Å². The molecule has 3 rings (SSSR count). The highest BCUT2D eigenvalue weighted by Crippen LogP contribution is 2.51. The smallest absolute Gasteiger partial charge is 0.308 e. The molecule has 0 spiro atoms. The van der Waals surface area contributed by atoms with Crippen molar-refractivity contribution in [3.05, 3.63) is 21.7 Å². The van der Waals surface area contributed by atoms with Crippen molar-refractivity contribution in [1.29, 1.82) is 0 Å². The quantitative estimate of drug-likeness (QED) is 0.750. The highest BCUT2D eigenvalue weighted by molar-refractivity contribution is 5.71. The van der Waals surface area contributed by atoms with E-state index in [1.54, 1.807) is 0 Å². The fraction of sp³-hybridized carbons (Fsp3) is 0.615. The van der Waals surface area contributed by atoms with Crippen LogP contribution in [0, 0.1) is 11.8 Å². The lowest BCUT2D eigenvalue weighted by atomic mass is 9.88. The van der Waals surface area contributed by atoms with E-state index in [0.717, 1.165) is 12.3 Å². The number of carboxylic acids is 1. The topological polar surface area (TPSA) is 109 Å². The molecule has 4 N–H and O–H groups in total. The maximum Gasteiger partial charge on any atom is 0.308 e. The van der Waals surface area contributed by atoms with Crippen molar-refractivity contribution in [3.8, 4) is 0 Å². The molecule has 0 saturated heterocycles. The van der Waals surface area contributed by atoms with E-state index >= 15 is 0 Å². The molecule has 1 aromatic heterocycles. The van der Waals surface area contributed by atoms with Crippen LogP contribution in [0.1, 0.15) is 43.0 Å². The van der Waals surface area contributed by atoms with Crippen molar-refractivity contribution in [1.82, 2.24) is 9.97 Å². The number of rotatable bonds is 3. The number of carbonyl (C=O) groups is 1. The first-order valence-corrected chi connectivity index (χ1v) is 6.65. The summed E-state index contributed by atoms with van der Waals surface area (Å²) in [7, 11) is 0. The van der Waals surface area contributed by atoms with Crippen LogP contribution in [-0.2, 0) is 11.2 Å². The number of aromatic nitrogens is 2. The van der Waals surface area contributed by atoms with Crippen LogP contribution in [0.3, 0.4) is 0 Å². The number of hydrogen-bond acceptors (Lipinski definition) is 4. The Labute approximate surface area is 110 Å². The fourth-order valence-electron chi connectivity index (χ4n) is 3.61. The molecule has 2 aliphatic carbocycles. The number of aliphatic carboxylic acids is 1. The third kappa shape index (κ3) is 2.11. The van der Waals surface area contributed by atoms with Crippen LogP contribution in [0.5, 0.6) is 0 Å². The van der Waals surface area contributed by atoms with Gasteiger partial charge in [-0.25, -0.2) is 4.98 Å². The zero-order chi connectivity index (χ0) is 13.6. The molecule has 1 heterocycles. The minimum Gasteiger partial charge on any atom is -0.481 e. The predicted octanol–water partition coefficient (Wildman–Crippen LogP) is 0.883. The molecule has 19 heavy (non-hydrogen) atoms. The van der Waals surface area contributed by atoms with E-state index in [-0.39, 0.29) is 23.7 Å². The van der Waals surface area contributed by atoms with Gasteiger partial charge in [-0.1, -0.05) is 6.42 Å². The third-order valence-corrected chi connectivity index (χ3v) is 4.48. The van der Waals surface area contributed by atoms with Gasteiger partial charge in [0, 0.05) is 5.92 Å². The van der Waals surface area contributed by atoms with Crippen molar-refractivity contribution in [3.63, 3.8) is 0 Å². The number of nitrogens with zero attached hydrogens (tertiary/aromatic N) is 1. The summed E-state index contributed by atoms with van der Waals surface area (Å²) in [6.07, 6.45) is 4.36. The number of nitrogens with two attached hydrogens (primary N) is 1. The third-order valence-electron chi connectivity index (χ3n) is 4.48. The minimum atomic E-state index is -1.08. The van der Waals surface area contributed by atoms with Gasteiger partial charge in [-0.3, -0.25) is 9.59 Å². The average Bonchev–Trinajstić information content (AvgIpc) is 2.95. The Hall–Kier alpha value is -1.85. The highest BCUT2D eigenvalue weighted by atomic mass is 16.4. The molecule has 2 bridgehead atoms. The van der Waals surface area contributed by atoms with E-state index in [1.165, 1.54) is 19.3 Å². The van der Waals surface area contributed by atoms with E-state index < -0.39 is 11.5 Å². The summed E-state index contributed by atoms with van der Waals surface area (Å²) in [5.74, 6) is 1.25. The molecular formula is C13H17N3O3. The first-order valence-electron chi connectivity index (χ1n) is 6.65. The second-order valence-electron chi connectivity index (χ2n) is 5.67. The fourth-order valence-corrected chi connectivity index (χ4v) is 3.61. The van der Waals surface area contributed by atoms with Crippen LogP contribution < -0.4 is 11.3 Å². The van der Waals surface area contributed by atoms with Crippen molar-refractivity contribution in [2.24, 2.45) is 11.8 Å². The van der Waals surface area contributed by atoms with Gasteiger partial charge in [0.2, 0.25) is 0 Å². The molecular weight excluding hydrogens is 246 g/mol. The minimum absolute atomic E-state index is 0.0550. The molecule has 6 heteroatoms. The van der Waals surface area contributed by atoms with Gasteiger partial charge in [-0.15, -0.1) is 0 Å². The van der Waals surface area contributed by atoms with Crippen LogP contribution in [0.2, 0.25) is 0 Å². The Morgan fingerprint density at radius 1 is 1.42 bits per heavy atom. The summed E-state index contributed by atoms with van der Waals surface area (Å²) in [5.41, 5.74) is 5.39. The number of nitrogen functional groups attached to an aromatic ring is 1. The second-order valence-corrected chi connectivity index (χ2v) is 5.67. The van der Waals surface area contributed by atoms with Gasteiger partial charge < -0.3 is 15.8 Å². The number of aromatic amines is 1. The monoisotopic (exact) mass is 263 g/mol. The molecule has 0 radical (unpaired) electrons. The Morgan fingerprint density at radius 2 is 2.21 bits per heavy atom. The Morgan fingerprint density at radius 3 is 2.74 bits per heavy atom. The van der Waals surface area contributed by atoms with E-state index in [1.807, 2.05) is 0 Å². The van der Waals surface area contributed by atoms with E-state index in [4.69, 9.17) is 10.8 Å². The summed E-state index contributed by atoms with van der Waals surface area (Å²) in [6.45, 7) is 0. The number of fused-ring (bicyclic) bond motifs is 2. The summed E-state index contributed by atoms with van der Waals surface area (Å²) >= 11 is 0. The van der Waals surface area contributed by atoms with Gasteiger partial charge in [0.15, 0.2) is 0 Å². The number of carboxylic acid groups (broad SMARTS) is 1. The maximum absolute atomic E-state index is 11.9. The van der Waals surface area contributed by atoms with Crippen LogP contribution in [-0.4, -0.2) is 21.0 Å². The SMILES string of the molecule is Nc1nc(C2CC3CCC2C3)[nH]c(=O)c1CC(=O)O. The van der Waals surface area contributed by atoms with E-state index in [9.17, 15) is 9.59 Å². The number of hydrogen-bond donors (Lipinski definition) is 3. The Kier molecular flexibility index (Phi) is 2.80. The van der Waals surface area contributed by atoms with Crippen molar-refractivity contribution in [2.45, 2.75) is 38.0 Å². The largest absolute Gasteiger partial charge is 0.481 e. The normalized spacial score (nSPS) is 28.7. The first kappa shape index (κ1) is 12.2. The Bertz CT molecular complexity index is 581. The molecule has 0 aliphatic heterocycles. The molecule has 0 amide bonds. The van der Waals surface area contributed by atoms with Crippen LogP contribution in [0.25, 0.3) is 0 Å². The molecule has 102 valence electrons. The number of anilines is 1. The summed E-state index contributed by atoms with van der Waals surface area (Å²) in [6, 6.07) is 0. The zero-order valence-corrected chi connectivity index (χ0v) is 10.6.